The molecule has 1 aromatic carbocycles. The Bertz CT molecular complexity index is 743. The highest BCUT2D eigenvalue weighted by Gasteiger charge is 2.45. The molecule has 2 saturated heterocycles. The smallest absolute Gasteiger partial charge is 0.254 e. The number of amides is 2. The minimum absolute atomic E-state index is 0.00555. The van der Waals surface area contributed by atoms with E-state index in [0.717, 1.165) is 12.8 Å². The quantitative estimate of drug-likeness (QED) is 0.901. The molecule has 6 nitrogen and oxygen atoms in total. The molecule has 130 valence electrons. The maximum atomic E-state index is 12.8. The normalized spacial score (nSPS) is 26.2. The summed E-state index contributed by atoms with van der Waals surface area (Å²) in [6.07, 6.45) is 4.09. The van der Waals surface area contributed by atoms with Crippen molar-refractivity contribution in [2.45, 2.75) is 49.9 Å². The predicted molar refractivity (Wildman–Crippen MR) is 91.6 cm³/mol. The summed E-state index contributed by atoms with van der Waals surface area (Å²) >= 11 is 0. The van der Waals surface area contributed by atoms with Gasteiger partial charge in [-0.15, -0.1) is 0 Å². The van der Waals surface area contributed by atoms with E-state index < -0.39 is 9.84 Å². The SMILES string of the molecule is CC(=O)Nc1ccc(C(=O)N2C3CCC2CC(S(C)(=O)=O)C3)cc1. The zero-order valence-electron chi connectivity index (χ0n) is 13.9. The first-order chi connectivity index (χ1) is 11.3. The van der Waals surface area contributed by atoms with Crippen LogP contribution in [0, 0.1) is 0 Å². The Labute approximate surface area is 142 Å². The topological polar surface area (TPSA) is 83.6 Å². The van der Waals surface area contributed by atoms with Crippen molar-refractivity contribution in [1.82, 2.24) is 4.90 Å². The number of hydrogen-bond donors (Lipinski definition) is 1. The van der Waals surface area contributed by atoms with Crippen LogP contribution in [-0.2, 0) is 14.6 Å². The number of benzene rings is 1. The van der Waals surface area contributed by atoms with E-state index >= 15 is 0 Å². The molecule has 24 heavy (non-hydrogen) atoms. The number of carbonyl (C=O) groups excluding carboxylic acids is 2. The fraction of sp³-hybridized carbons (Fsp3) is 0.529. The highest BCUT2D eigenvalue weighted by atomic mass is 32.2. The van der Waals surface area contributed by atoms with Crippen LogP contribution in [0.15, 0.2) is 24.3 Å². The maximum absolute atomic E-state index is 12.8. The molecule has 0 radical (unpaired) electrons. The Hall–Kier alpha value is -1.89. The number of sulfone groups is 1. The third-order valence-electron chi connectivity index (χ3n) is 4.98. The molecule has 1 N–H and O–H groups in total. The molecule has 2 aliphatic rings. The summed E-state index contributed by atoms with van der Waals surface area (Å²) in [5.41, 5.74) is 1.22. The number of nitrogens with zero attached hydrogens (tertiary/aromatic N) is 1. The van der Waals surface area contributed by atoms with Gasteiger partial charge in [-0.25, -0.2) is 8.42 Å². The number of fused-ring (bicyclic) bond motifs is 2. The van der Waals surface area contributed by atoms with Crippen LogP contribution < -0.4 is 5.32 Å². The van der Waals surface area contributed by atoms with Gasteiger partial charge in [-0.2, -0.15) is 0 Å². The third-order valence-corrected chi connectivity index (χ3v) is 6.58. The summed E-state index contributed by atoms with van der Waals surface area (Å²) in [5, 5.41) is 2.34. The van der Waals surface area contributed by atoms with Gasteiger partial charge in [0.05, 0.1) is 5.25 Å². The van der Waals surface area contributed by atoms with Gasteiger partial charge in [0.25, 0.3) is 5.91 Å². The van der Waals surface area contributed by atoms with Crippen LogP contribution in [-0.4, -0.2) is 48.7 Å². The van der Waals surface area contributed by atoms with Crippen LogP contribution in [0.1, 0.15) is 43.0 Å². The number of nitrogens with one attached hydrogen (secondary N) is 1. The van der Waals surface area contributed by atoms with E-state index in [0.29, 0.717) is 24.1 Å². The molecule has 2 unspecified atom stereocenters. The monoisotopic (exact) mass is 350 g/mol. The van der Waals surface area contributed by atoms with Crippen molar-refractivity contribution in [2.75, 3.05) is 11.6 Å². The minimum Gasteiger partial charge on any atom is -0.333 e. The average molecular weight is 350 g/mol. The molecular weight excluding hydrogens is 328 g/mol. The fourth-order valence-electron chi connectivity index (χ4n) is 3.86. The summed E-state index contributed by atoms with van der Waals surface area (Å²) < 4.78 is 23.7. The lowest BCUT2D eigenvalue weighted by atomic mass is 10.0. The molecule has 0 aromatic heterocycles. The summed E-state index contributed by atoms with van der Waals surface area (Å²) in [6, 6.07) is 6.84. The highest BCUT2D eigenvalue weighted by Crippen LogP contribution is 2.39. The maximum Gasteiger partial charge on any atom is 0.254 e. The first-order valence-corrected chi connectivity index (χ1v) is 10.1. The zero-order valence-corrected chi connectivity index (χ0v) is 14.7. The Morgan fingerprint density at radius 3 is 2.08 bits per heavy atom. The lowest BCUT2D eigenvalue weighted by Gasteiger charge is -2.38. The zero-order chi connectivity index (χ0) is 17.5. The van der Waals surface area contributed by atoms with Crippen LogP contribution >= 0.6 is 0 Å². The van der Waals surface area contributed by atoms with E-state index in [-0.39, 0.29) is 29.1 Å². The standard InChI is InChI=1S/C17H22N2O4S/c1-11(20)18-13-5-3-12(4-6-13)17(21)19-14-7-8-15(19)10-16(9-14)24(2,22)23/h3-6,14-16H,7-10H2,1-2H3,(H,18,20). The van der Waals surface area contributed by atoms with Crippen molar-refractivity contribution >= 4 is 27.3 Å². The van der Waals surface area contributed by atoms with Gasteiger partial charge in [0.15, 0.2) is 0 Å². The van der Waals surface area contributed by atoms with E-state index in [1.165, 1.54) is 13.2 Å². The second kappa shape index (κ2) is 6.20. The van der Waals surface area contributed by atoms with Crippen molar-refractivity contribution in [2.24, 2.45) is 0 Å². The number of carbonyl (C=O) groups is 2. The van der Waals surface area contributed by atoms with Crippen LogP contribution in [0.4, 0.5) is 5.69 Å². The van der Waals surface area contributed by atoms with Crippen molar-refractivity contribution in [3.8, 4) is 0 Å². The third kappa shape index (κ3) is 3.31. The molecule has 2 aliphatic heterocycles. The first kappa shape index (κ1) is 17.0. The van der Waals surface area contributed by atoms with Crippen LogP contribution in [0.5, 0.6) is 0 Å². The van der Waals surface area contributed by atoms with Crippen molar-refractivity contribution in [3.05, 3.63) is 29.8 Å². The van der Waals surface area contributed by atoms with Crippen LogP contribution in [0.3, 0.4) is 0 Å². The summed E-state index contributed by atoms with van der Waals surface area (Å²) in [4.78, 5) is 25.8. The molecule has 0 spiro atoms. The number of hydrogen-bond acceptors (Lipinski definition) is 4. The van der Waals surface area contributed by atoms with E-state index in [1.54, 1.807) is 24.3 Å². The van der Waals surface area contributed by atoms with Crippen molar-refractivity contribution in [1.29, 1.82) is 0 Å². The minimum atomic E-state index is -3.06. The molecule has 2 fully saturated rings. The van der Waals surface area contributed by atoms with Gasteiger partial charge < -0.3 is 10.2 Å². The van der Waals surface area contributed by atoms with Gasteiger partial charge in [-0.1, -0.05) is 0 Å². The summed E-state index contributed by atoms with van der Waals surface area (Å²) in [6.45, 7) is 1.43. The second-order valence-corrected chi connectivity index (χ2v) is 9.10. The first-order valence-electron chi connectivity index (χ1n) is 8.15. The predicted octanol–water partition coefficient (Wildman–Crippen LogP) is 1.83. The number of piperidine rings is 1. The Kier molecular flexibility index (Phi) is 4.38. The summed E-state index contributed by atoms with van der Waals surface area (Å²) in [5.74, 6) is -0.209. The van der Waals surface area contributed by atoms with Crippen molar-refractivity contribution in [3.63, 3.8) is 0 Å². The number of anilines is 1. The molecule has 3 rings (SSSR count). The Morgan fingerprint density at radius 2 is 1.62 bits per heavy atom. The highest BCUT2D eigenvalue weighted by molar-refractivity contribution is 7.91. The van der Waals surface area contributed by atoms with Crippen molar-refractivity contribution < 1.29 is 18.0 Å². The lowest BCUT2D eigenvalue weighted by molar-refractivity contribution is -0.114. The fourth-order valence-corrected chi connectivity index (χ4v) is 5.00. The molecule has 2 amide bonds. The van der Waals surface area contributed by atoms with E-state index in [9.17, 15) is 18.0 Å². The molecule has 2 atom stereocenters. The molecule has 0 saturated carbocycles. The molecule has 2 heterocycles. The van der Waals surface area contributed by atoms with Gasteiger partial charge in [0, 0.05) is 36.5 Å². The number of rotatable bonds is 3. The van der Waals surface area contributed by atoms with Gasteiger partial charge in [-0.05, 0) is 49.9 Å². The van der Waals surface area contributed by atoms with Gasteiger partial charge in [-0.3, -0.25) is 9.59 Å². The lowest BCUT2D eigenvalue weighted by Crippen LogP contribution is -2.49. The second-order valence-electron chi connectivity index (χ2n) is 6.78. The molecule has 0 aliphatic carbocycles. The van der Waals surface area contributed by atoms with Crippen LogP contribution in [0.2, 0.25) is 0 Å². The van der Waals surface area contributed by atoms with E-state index in [4.69, 9.17) is 0 Å². The van der Waals surface area contributed by atoms with Crippen LogP contribution in [0.25, 0.3) is 0 Å². The molecular formula is C17H22N2O4S. The molecule has 1 aromatic rings. The molecule has 7 heteroatoms. The van der Waals surface area contributed by atoms with E-state index in [2.05, 4.69) is 5.32 Å². The average Bonchev–Trinajstić information content (AvgIpc) is 2.75. The molecule has 2 bridgehead atoms. The van der Waals surface area contributed by atoms with Gasteiger partial charge >= 0.3 is 0 Å². The van der Waals surface area contributed by atoms with Gasteiger partial charge in [0.1, 0.15) is 9.84 Å². The van der Waals surface area contributed by atoms with Gasteiger partial charge in [0.2, 0.25) is 5.91 Å². The Morgan fingerprint density at radius 1 is 1.08 bits per heavy atom. The summed E-state index contributed by atoms with van der Waals surface area (Å²) in [7, 11) is -3.06. The Balaban J connectivity index is 1.75. The largest absolute Gasteiger partial charge is 0.333 e. The van der Waals surface area contributed by atoms with E-state index in [1.807, 2.05) is 4.90 Å².